The molecule has 1 aromatic heterocycles. The summed E-state index contributed by atoms with van der Waals surface area (Å²) < 4.78 is 5.41. The quantitative estimate of drug-likeness (QED) is 0.438. The maximum Gasteiger partial charge on any atom is 0.407 e. The molecule has 8 heteroatoms. The number of benzene rings is 2. The highest BCUT2D eigenvalue weighted by molar-refractivity contribution is 6.31. The molecular formula is C23H22ClN3O4. The molecule has 0 radical (unpaired) electrons. The van der Waals surface area contributed by atoms with Gasteiger partial charge in [0.25, 0.3) is 0 Å². The molecule has 1 aliphatic rings. The van der Waals surface area contributed by atoms with Crippen molar-refractivity contribution in [3.8, 4) is 11.1 Å². The van der Waals surface area contributed by atoms with Crippen LogP contribution in [0.5, 0.6) is 0 Å². The fraction of sp³-hybridized carbons (Fsp3) is 0.217. The number of hydrogen-bond acceptors (Lipinski definition) is 6. The number of nitrogen functional groups attached to an aromatic ring is 1. The Labute approximate surface area is 184 Å². The number of aliphatic hydroxyl groups is 2. The lowest BCUT2D eigenvalue weighted by Gasteiger charge is -2.19. The minimum atomic E-state index is -1.34. The number of rotatable bonds is 6. The number of nitrogens with one attached hydrogen (secondary N) is 1. The van der Waals surface area contributed by atoms with E-state index in [1.54, 1.807) is 0 Å². The molecule has 160 valence electrons. The van der Waals surface area contributed by atoms with Gasteiger partial charge < -0.3 is 26.0 Å². The van der Waals surface area contributed by atoms with E-state index in [4.69, 9.17) is 22.1 Å². The number of aromatic nitrogens is 1. The van der Waals surface area contributed by atoms with Crippen LogP contribution in [0.4, 0.5) is 10.5 Å². The standard InChI is InChI=1S/C23H22ClN3O4/c24-22-18(25)9-10-19(27-22)21(29)20(28)11-26-23(30)31-12-17-15-7-3-1-5-13(15)14-6-2-4-8-16(14)17/h1-10,17,20-21,28-29H,11-12,25H2,(H,26,30). The minimum Gasteiger partial charge on any atom is -0.449 e. The minimum absolute atomic E-state index is 0.0354. The van der Waals surface area contributed by atoms with Crippen LogP contribution < -0.4 is 11.1 Å². The average molecular weight is 440 g/mol. The Morgan fingerprint density at radius 3 is 2.29 bits per heavy atom. The smallest absolute Gasteiger partial charge is 0.407 e. The highest BCUT2D eigenvalue weighted by Gasteiger charge is 2.29. The number of carbonyl (C=O) groups excluding carboxylic acids is 1. The summed E-state index contributed by atoms with van der Waals surface area (Å²) in [7, 11) is 0. The number of pyridine rings is 1. The first kappa shape index (κ1) is 21.1. The number of carbonyl (C=O) groups is 1. The molecule has 2 atom stereocenters. The van der Waals surface area contributed by atoms with E-state index in [9.17, 15) is 15.0 Å². The molecule has 0 bridgehead atoms. The van der Waals surface area contributed by atoms with Gasteiger partial charge >= 0.3 is 6.09 Å². The number of anilines is 1. The Morgan fingerprint density at radius 2 is 1.68 bits per heavy atom. The lowest BCUT2D eigenvalue weighted by Crippen LogP contribution is -2.36. The van der Waals surface area contributed by atoms with Gasteiger partial charge in [-0.1, -0.05) is 60.1 Å². The first-order chi connectivity index (χ1) is 15.0. The van der Waals surface area contributed by atoms with E-state index in [1.807, 2.05) is 36.4 Å². The molecule has 2 unspecified atom stereocenters. The number of nitrogens with zero attached hydrogens (tertiary/aromatic N) is 1. The van der Waals surface area contributed by atoms with Crippen molar-refractivity contribution >= 4 is 23.4 Å². The molecule has 7 nitrogen and oxygen atoms in total. The molecule has 1 aliphatic carbocycles. The second kappa shape index (κ2) is 8.93. The van der Waals surface area contributed by atoms with Gasteiger partial charge in [0.15, 0.2) is 5.15 Å². The summed E-state index contributed by atoms with van der Waals surface area (Å²) in [4.78, 5) is 16.1. The molecular weight excluding hydrogens is 418 g/mol. The Morgan fingerprint density at radius 1 is 1.06 bits per heavy atom. The molecule has 0 spiro atoms. The number of ether oxygens (including phenoxy) is 1. The Kier molecular flexibility index (Phi) is 6.08. The van der Waals surface area contributed by atoms with E-state index >= 15 is 0 Å². The summed E-state index contributed by atoms with van der Waals surface area (Å²) in [6.45, 7) is -0.0604. The molecule has 2 aromatic carbocycles. The summed E-state index contributed by atoms with van der Waals surface area (Å²) >= 11 is 5.85. The zero-order valence-electron chi connectivity index (χ0n) is 16.5. The highest BCUT2D eigenvalue weighted by atomic mass is 35.5. The normalized spacial score (nSPS) is 14.4. The average Bonchev–Trinajstić information content (AvgIpc) is 3.11. The van der Waals surface area contributed by atoms with Crippen molar-refractivity contribution in [2.45, 2.75) is 18.1 Å². The van der Waals surface area contributed by atoms with Gasteiger partial charge in [-0.25, -0.2) is 9.78 Å². The van der Waals surface area contributed by atoms with Gasteiger partial charge in [0, 0.05) is 12.5 Å². The van der Waals surface area contributed by atoms with Crippen LogP contribution in [-0.4, -0.2) is 40.5 Å². The zero-order chi connectivity index (χ0) is 22.0. The van der Waals surface area contributed by atoms with Crippen molar-refractivity contribution in [2.75, 3.05) is 18.9 Å². The third-order valence-electron chi connectivity index (χ3n) is 5.37. The van der Waals surface area contributed by atoms with Crippen LogP contribution in [0.2, 0.25) is 5.15 Å². The van der Waals surface area contributed by atoms with Crippen LogP contribution >= 0.6 is 11.6 Å². The SMILES string of the molecule is Nc1ccc(C(O)C(O)CNC(=O)OCC2c3ccccc3-c3ccccc32)nc1Cl. The largest absolute Gasteiger partial charge is 0.449 e. The molecule has 1 amide bonds. The molecule has 5 N–H and O–H groups in total. The van der Waals surface area contributed by atoms with Crippen LogP contribution in [0.3, 0.4) is 0 Å². The number of halogens is 1. The molecule has 0 saturated carbocycles. The van der Waals surface area contributed by atoms with E-state index in [1.165, 1.54) is 12.1 Å². The number of hydrogen-bond donors (Lipinski definition) is 4. The summed E-state index contributed by atoms with van der Waals surface area (Å²) in [5.74, 6) is -0.0604. The summed E-state index contributed by atoms with van der Waals surface area (Å²) in [5, 5.41) is 22.9. The number of aliphatic hydroxyl groups excluding tert-OH is 2. The predicted molar refractivity (Wildman–Crippen MR) is 118 cm³/mol. The Balaban J connectivity index is 1.34. The van der Waals surface area contributed by atoms with Gasteiger partial charge in [0.2, 0.25) is 0 Å². The van der Waals surface area contributed by atoms with E-state index in [-0.39, 0.29) is 35.6 Å². The highest BCUT2D eigenvalue weighted by Crippen LogP contribution is 2.44. The number of nitrogens with two attached hydrogens (primary N) is 1. The zero-order valence-corrected chi connectivity index (χ0v) is 17.3. The van der Waals surface area contributed by atoms with Crippen molar-refractivity contribution in [1.29, 1.82) is 0 Å². The van der Waals surface area contributed by atoms with Gasteiger partial charge in [0.1, 0.15) is 18.8 Å². The van der Waals surface area contributed by atoms with Gasteiger partial charge in [-0.15, -0.1) is 0 Å². The molecule has 4 rings (SSSR count). The first-order valence-corrected chi connectivity index (χ1v) is 10.2. The van der Waals surface area contributed by atoms with E-state index < -0.39 is 18.3 Å². The van der Waals surface area contributed by atoms with Crippen molar-refractivity contribution in [1.82, 2.24) is 10.3 Å². The summed E-state index contributed by atoms with van der Waals surface area (Å²) in [6.07, 6.45) is -3.32. The van der Waals surface area contributed by atoms with Crippen molar-refractivity contribution in [3.63, 3.8) is 0 Å². The lowest BCUT2D eigenvalue weighted by molar-refractivity contribution is 0.0161. The number of amides is 1. The van der Waals surface area contributed by atoms with Gasteiger partial charge in [-0.2, -0.15) is 0 Å². The number of fused-ring (bicyclic) bond motifs is 3. The van der Waals surface area contributed by atoms with Crippen LogP contribution in [-0.2, 0) is 4.74 Å². The van der Waals surface area contributed by atoms with E-state index in [0.717, 1.165) is 22.3 Å². The number of alkyl carbamates (subject to hydrolysis) is 1. The second-order valence-corrected chi connectivity index (χ2v) is 7.69. The summed E-state index contributed by atoms with van der Waals surface area (Å²) in [5.41, 5.74) is 10.5. The molecule has 31 heavy (non-hydrogen) atoms. The maximum atomic E-state index is 12.2. The second-order valence-electron chi connectivity index (χ2n) is 7.33. The van der Waals surface area contributed by atoms with Crippen LogP contribution in [0.15, 0.2) is 60.7 Å². The molecule has 0 fully saturated rings. The van der Waals surface area contributed by atoms with Crippen LogP contribution in [0.25, 0.3) is 11.1 Å². The molecule has 1 heterocycles. The Bertz CT molecular complexity index is 1060. The first-order valence-electron chi connectivity index (χ1n) is 9.82. The predicted octanol–water partition coefficient (Wildman–Crippen LogP) is 3.25. The maximum absolute atomic E-state index is 12.2. The molecule has 3 aromatic rings. The molecule has 0 aliphatic heterocycles. The van der Waals surface area contributed by atoms with Gasteiger partial charge in [-0.3, -0.25) is 0 Å². The fourth-order valence-electron chi connectivity index (χ4n) is 3.77. The summed E-state index contributed by atoms with van der Waals surface area (Å²) in [6, 6.07) is 19.0. The van der Waals surface area contributed by atoms with E-state index in [0.29, 0.717) is 0 Å². The fourth-order valence-corrected chi connectivity index (χ4v) is 3.93. The monoisotopic (exact) mass is 439 g/mol. The topological polar surface area (TPSA) is 118 Å². The van der Waals surface area contributed by atoms with Gasteiger partial charge in [-0.05, 0) is 34.4 Å². The Hall–Kier alpha value is -3.13. The molecule has 0 saturated heterocycles. The van der Waals surface area contributed by atoms with Crippen LogP contribution in [0.1, 0.15) is 28.8 Å². The van der Waals surface area contributed by atoms with E-state index in [2.05, 4.69) is 22.4 Å². The van der Waals surface area contributed by atoms with Crippen molar-refractivity contribution < 1.29 is 19.7 Å². The lowest BCUT2D eigenvalue weighted by atomic mass is 9.98. The van der Waals surface area contributed by atoms with Crippen LogP contribution in [0, 0.1) is 0 Å². The third-order valence-corrected chi connectivity index (χ3v) is 5.67. The third kappa shape index (κ3) is 4.34. The van der Waals surface area contributed by atoms with Gasteiger partial charge in [0.05, 0.1) is 11.4 Å². The van der Waals surface area contributed by atoms with Crippen molar-refractivity contribution in [3.05, 3.63) is 82.6 Å². The van der Waals surface area contributed by atoms with Crippen molar-refractivity contribution in [2.24, 2.45) is 0 Å².